The van der Waals surface area contributed by atoms with Gasteiger partial charge in [-0.1, -0.05) is 18.2 Å². The number of hydrogen-bond donors (Lipinski definition) is 3. The molecule has 3 N–H and O–H groups in total. The zero-order valence-electron chi connectivity index (χ0n) is 16.3. The number of ether oxygens (including phenoxy) is 1. The number of carboxylic acid groups (broad SMARTS) is 1. The summed E-state index contributed by atoms with van der Waals surface area (Å²) in [6, 6.07) is 6.52. The first kappa shape index (κ1) is 19.2. The van der Waals surface area contributed by atoms with E-state index >= 15 is 0 Å². The molecule has 30 heavy (non-hydrogen) atoms. The van der Waals surface area contributed by atoms with E-state index in [0.29, 0.717) is 17.9 Å². The molecule has 4 aliphatic rings. The van der Waals surface area contributed by atoms with Crippen molar-refractivity contribution in [3.8, 4) is 0 Å². The van der Waals surface area contributed by atoms with Crippen LogP contribution in [0.5, 0.6) is 0 Å². The number of aliphatic carboxylic acids is 1. The van der Waals surface area contributed by atoms with Gasteiger partial charge in [-0.2, -0.15) is 0 Å². The topological polar surface area (TPSA) is 125 Å². The average molecular weight is 413 g/mol. The third-order valence-electron chi connectivity index (χ3n) is 6.79. The molecule has 0 aliphatic carbocycles. The number of imide groups is 1. The summed E-state index contributed by atoms with van der Waals surface area (Å²) in [5.41, 5.74) is -0.143. The quantitative estimate of drug-likeness (QED) is 0.599. The van der Waals surface area contributed by atoms with Gasteiger partial charge in [-0.25, -0.2) is 0 Å². The van der Waals surface area contributed by atoms with Gasteiger partial charge in [-0.15, -0.1) is 0 Å². The molecule has 4 aliphatic heterocycles. The van der Waals surface area contributed by atoms with Crippen molar-refractivity contribution >= 4 is 29.4 Å². The number of benzene rings is 1. The maximum atomic E-state index is 13.5. The molecule has 158 valence electrons. The van der Waals surface area contributed by atoms with Gasteiger partial charge in [-0.3, -0.25) is 29.4 Å². The second-order valence-electron chi connectivity index (χ2n) is 8.42. The van der Waals surface area contributed by atoms with Crippen LogP contribution in [-0.2, 0) is 29.5 Å². The van der Waals surface area contributed by atoms with Crippen LogP contribution in [0.1, 0.15) is 31.2 Å². The van der Waals surface area contributed by atoms with Crippen LogP contribution in [0, 0.1) is 11.8 Å². The number of carbonyl (C=O) groups is 4. The monoisotopic (exact) mass is 413 g/mol. The predicted octanol–water partition coefficient (Wildman–Crippen LogP) is 0.451. The Bertz CT molecular complexity index is 942. The molecule has 5 atom stereocenters. The minimum atomic E-state index is -1.37. The molecule has 9 heteroatoms. The lowest BCUT2D eigenvalue weighted by Gasteiger charge is -2.30. The molecule has 1 spiro atoms. The van der Waals surface area contributed by atoms with E-state index in [9.17, 15) is 19.2 Å². The smallest absolute Gasteiger partial charge is 0.303 e. The van der Waals surface area contributed by atoms with E-state index in [1.807, 2.05) is 0 Å². The van der Waals surface area contributed by atoms with Crippen LogP contribution >= 0.6 is 0 Å². The molecule has 3 saturated heterocycles. The van der Waals surface area contributed by atoms with Crippen LogP contribution in [0.4, 0.5) is 5.69 Å². The molecule has 0 aromatic heterocycles. The highest BCUT2D eigenvalue weighted by Crippen LogP contribution is 2.53. The first-order valence-electron chi connectivity index (χ1n) is 10.3. The second-order valence-corrected chi connectivity index (χ2v) is 8.42. The summed E-state index contributed by atoms with van der Waals surface area (Å²) in [7, 11) is 0. The number of amides is 3. The third kappa shape index (κ3) is 2.61. The maximum absolute atomic E-state index is 13.5. The fourth-order valence-electron chi connectivity index (χ4n) is 5.52. The Morgan fingerprint density at radius 2 is 2.03 bits per heavy atom. The minimum absolute atomic E-state index is 0.153. The van der Waals surface area contributed by atoms with Crippen molar-refractivity contribution < 1.29 is 29.0 Å². The Morgan fingerprint density at radius 3 is 2.77 bits per heavy atom. The normalized spacial score (nSPS) is 34.5. The summed E-state index contributed by atoms with van der Waals surface area (Å²) in [5.74, 6) is -3.80. The molecule has 3 fully saturated rings. The summed E-state index contributed by atoms with van der Waals surface area (Å²) < 4.78 is 5.62. The third-order valence-corrected chi connectivity index (χ3v) is 6.79. The van der Waals surface area contributed by atoms with E-state index < -0.39 is 35.3 Å². The molecule has 0 bridgehead atoms. The summed E-state index contributed by atoms with van der Waals surface area (Å²) in [6.45, 7) is 0.784. The molecule has 1 aromatic carbocycles. The van der Waals surface area contributed by atoms with Crippen LogP contribution in [0.2, 0.25) is 0 Å². The Hall–Kier alpha value is -2.78. The number of fused-ring (bicyclic) bond motifs is 4. The van der Waals surface area contributed by atoms with E-state index in [0.717, 1.165) is 12.8 Å². The Labute approximate surface area is 172 Å². The van der Waals surface area contributed by atoms with E-state index in [2.05, 4.69) is 10.6 Å². The average Bonchev–Trinajstić information content (AvgIpc) is 3.46. The molecular weight excluding hydrogens is 390 g/mol. The summed E-state index contributed by atoms with van der Waals surface area (Å²) in [4.78, 5) is 52.4. The Morgan fingerprint density at radius 1 is 1.23 bits per heavy atom. The van der Waals surface area contributed by atoms with E-state index in [4.69, 9.17) is 9.84 Å². The number of anilines is 1. The first-order chi connectivity index (χ1) is 14.4. The fraction of sp³-hybridized carbons (Fsp3) is 0.524. The largest absolute Gasteiger partial charge is 0.481 e. The zero-order valence-corrected chi connectivity index (χ0v) is 16.3. The number of carboxylic acids is 1. The number of nitrogens with zero attached hydrogens (tertiary/aromatic N) is 1. The van der Waals surface area contributed by atoms with Crippen molar-refractivity contribution in [3.63, 3.8) is 0 Å². The van der Waals surface area contributed by atoms with Crippen LogP contribution < -0.4 is 10.6 Å². The van der Waals surface area contributed by atoms with E-state index in [1.54, 1.807) is 24.3 Å². The van der Waals surface area contributed by atoms with E-state index in [-0.39, 0.29) is 37.3 Å². The van der Waals surface area contributed by atoms with Gasteiger partial charge in [0.2, 0.25) is 17.7 Å². The van der Waals surface area contributed by atoms with Crippen molar-refractivity contribution in [1.82, 2.24) is 10.2 Å². The lowest BCUT2D eigenvalue weighted by Crippen LogP contribution is -2.53. The number of hydrogen-bond acceptors (Lipinski definition) is 6. The second kappa shape index (κ2) is 6.88. The molecule has 0 unspecified atom stereocenters. The highest BCUT2D eigenvalue weighted by atomic mass is 16.5. The standard InChI is InChI=1S/C21H23N3O6/c25-15(26)8-7-14-16-17(19(28)24(18(16)27)10-11-4-3-9-30-11)21(23-14)12-5-1-2-6-13(12)22-20(21)29/h1-2,5-6,11,14,16-17,23H,3-4,7-10H2,(H,22,29)(H,25,26)/t11-,14-,16+,17+,21+/m0/s1. The minimum Gasteiger partial charge on any atom is -0.481 e. The molecular formula is C21H23N3O6. The number of rotatable bonds is 5. The van der Waals surface area contributed by atoms with Gasteiger partial charge in [0, 0.05) is 30.3 Å². The van der Waals surface area contributed by atoms with Crippen molar-refractivity contribution in [2.45, 2.75) is 43.4 Å². The van der Waals surface area contributed by atoms with Crippen molar-refractivity contribution in [2.75, 3.05) is 18.5 Å². The van der Waals surface area contributed by atoms with Gasteiger partial charge in [-0.05, 0) is 25.3 Å². The molecule has 4 heterocycles. The summed E-state index contributed by atoms with van der Waals surface area (Å²) in [6.07, 6.45) is 1.47. The highest BCUT2D eigenvalue weighted by molar-refractivity contribution is 6.15. The zero-order chi connectivity index (χ0) is 21.0. The van der Waals surface area contributed by atoms with Gasteiger partial charge in [0.05, 0.1) is 24.5 Å². The van der Waals surface area contributed by atoms with Crippen LogP contribution in [0.25, 0.3) is 0 Å². The summed E-state index contributed by atoms with van der Waals surface area (Å²) in [5, 5.41) is 15.2. The Balaban J connectivity index is 1.55. The van der Waals surface area contributed by atoms with Crippen LogP contribution in [-0.4, -0.2) is 59.0 Å². The van der Waals surface area contributed by atoms with E-state index in [1.165, 1.54) is 4.90 Å². The van der Waals surface area contributed by atoms with Crippen molar-refractivity contribution in [3.05, 3.63) is 29.8 Å². The Kier molecular flexibility index (Phi) is 4.41. The van der Waals surface area contributed by atoms with Gasteiger partial charge in [0.25, 0.3) is 0 Å². The first-order valence-corrected chi connectivity index (χ1v) is 10.3. The molecule has 9 nitrogen and oxygen atoms in total. The number of carbonyl (C=O) groups excluding carboxylic acids is 3. The van der Waals surface area contributed by atoms with Gasteiger partial charge in [0.15, 0.2) is 0 Å². The molecule has 0 radical (unpaired) electrons. The number of likely N-dealkylation sites (tertiary alicyclic amines) is 1. The SMILES string of the molecule is O=C(O)CC[C@@H]1N[C@@]2(C(=O)Nc3ccccc32)[C@H]2C(=O)N(C[C@@H]3CCCO3)C(=O)[C@H]12. The maximum Gasteiger partial charge on any atom is 0.303 e. The van der Waals surface area contributed by atoms with Gasteiger partial charge < -0.3 is 15.2 Å². The molecule has 5 rings (SSSR count). The number of nitrogens with one attached hydrogen (secondary N) is 2. The van der Waals surface area contributed by atoms with Crippen molar-refractivity contribution in [2.24, 2.45) is 11.8 Å². The predicted molar refractivity (Wildman–Crippen MR) is 103 cm³/mol. The van der Waals surface area contributed by atoms with Gasteiger partial charge >= 0.3 is 5.97 Å². The molecule has 0 saturated carbocycles. The molecule has 3 amide bonds. The van der Waals surface area contributed by atoms with Crippen LogP contribution in [0.3, 0.4) is 0 Å². The van der Waals surface area contributed by atoms with Crippen LogP contribution in [0.15, 0.2) is 24.3 Å². The number of para-hydroxylation sites is 1. The van der Waals surface area contributed by atoms with Gasteiger partial charge in [0.1, 0.15) is 5.54 Å². The van der Waals surface area contributed by atoms with Crippen molar-refractivity contribution in [1.29, 1.82) is 0 Å². The highest BCUT2D eigenvalue weighted by Gasteiger charge is 2.70. The lowest BCUT2D eigenvalue weighted by molar-refractivity contribution is -0.144. The molecule has 1 aromatic rings. The lowest BCUT2D eigenvalue weighted by atomic mass is 9.76. The summed E-state index contributed by atoms with van der Waals surface area (Å²) >= 11 is 0. The fourth-order valence-corrected chi connectivity index (χ4v) is 5.52.